The largest absolute Gasteiger partial charge is 0.397 e. The van der Waals surface area contributed by atoms with E-state index in [1.54, 1.807) is 0 Å². The van der Waals surface area contributed by atoms with Gasteiger partial charge in [0, 0.05) is 36.2 Å². The van der Waals surface area contributed by atoms with Gasteiger partial charge in [0.05, 0.1) is 18.7 Å². The topological polar surface area (TPSA) is 157 Å². The average Bonchev–Trinajstić information content (AvgIpc) is 2.94. The first kappa shape index (κ1) is 18.2. The molecule has 0 aromatic carbocycles. The summed E-state index contributed by atoms with van der Waals surface area (Å²) in [5.74, 6) is 0.623. The van der Waals surface area contributed by atoms with Crippen molar-refractivity contribution in [3.05, 3.63) is 32.6 Å². The Kier molecular flexibility index (Phi) is 4.35. The smallest absolute Gasteiger partial charge is 0.353 e. The van der Waals surface area contributed by atoms with Crippen LogP contribution in [0, 0.1) is 5.92 Å². The summed E-state index contributed by atoms with van der Waals surface area (Å²) in [7, 11) is -4.53. The summed E-state index contributed by atoms with van der Waals surface area (Å²) in [4.78, 5) is 34.4. The predicted molar refractivity (Wildman–Crippen MR) is 94.8 cm³/mol. The van der Waals surface area contributed by atoms with Crippen LogP contribution in [0.3, 0.4) is 0 Å². The molecule has 0 bridgehead atoms. The Morgan fingerprint density at radius 1 is 1.33 bits per heavy atom. The molecule has 4 heterocycles. The van der Waals surface area contributed by atoms with Gasteiger partial charge in [-0.3, -0.25) is 19.3 Å². The zero-order valence-electron chi connectivity index (χ0n) is 14.6. The molecule has 5 atom stereocenters. The van der Waals surface area contributed by atoms with Crippen molar-refractivity contribution in [1.82, 2.24) is 20.2 Å². The van der Waals surface area contributed by atoms with Crippen molar-refractivity contribution in [2.24, 2.45) is 10.9 Å². The Labute approximate surface area is 154 Å². The van der Waals surface area contributed by atoms with Crippen LogP contribution in [0.25, 0.3) is 0 Å². The Morgan fingerprint density at radius 2 is 2.11 bits per heavy atom. The molecule has 12 heteroatoms. The Bertz CT molecular complexity index is 957. The van der Waals surface area contributed by atoms with Crippen LogP contribution in [0.2, 0.25) is 0 Å². The van der Waals surface area contributed by atoms with Gasteiger partial charge in [-0.15, -0.1) is 0 Å². The van der Waals surface area contributed by atoms with Gasteiger partial charge < -0.3 is 15.2 Å². The van der Waals surface area contributed by atoms with Crippen molar-refractivity contribution < 1.29 is 17.2 Å². The SMILES string of the molecule is CC1C(OS(=O)(=O)O)CC2CC(Cc3cc(=O)[nH]c(=O)[nH]3)NC3=NCC1N32. The Balaban J connectivity index is 1.54. The van der Waals surface area contributed by atoms with Gasteiger partial charge in [0.15, 0.2) is 5.96 Å². The predicted octanol–water partition coefficient (Wildman–Crippen LogP) is -1.40. The summed E-state index contributed by atoms with van der Waals surface area (Å²) in [5.41, 5.74) is -0.501. The lowest BCUT2D eigenvalue weighted by Crippen LogP contribution is -2.64. The molecule has 4 N–H and O–H groups in total. The molecule has 11 nitrogen and oxygen atoms in total. The highest BCUT2D eigenvalue weighted by Gasteiger charge is 2.49. The summed E-state index contributed by atoms with van der Waals surface area (Å²) in [6, 6.07) is 1.25. The van der Waals surface area contributed by atoms with Crippen LogP contribution in [0.15, 0.2) is 20.6 Å². The Morgan fingerprint density at radius 3 is 2.81 bits per heavy atom. The molecule has 1 aromatic heterocycles. The number of aromatic nitrogens is 2. The molecular weight excluding hydrogens is 378 g/mol. The van der Waals surface area contributed by atoms with Crippen molar-refractivity contribution in [3.63, 3.8) is 0 Å². The lowest BCUT2D eigenvalue weighted by molar-refractivity contribution is 0.00102. The Hall–Kier alpha value is -2.18. The number of aromatic amines is 2. The summed E-state index contributed by atoms with van der Waals surface area (Å²) < 4.78 is 36.4. The van der Waals surface area contributed by atoms with Gasteiger partial charge in [-0.05, 0) is 12.8 Å². The first-order valence-electron chi connectivity index (χ1n) is 8.77. The quantitative estimate of drug-likeness (QED) is 0.451. The van der Waals surface area contributed by atoms with E-state index in [1.165, 1.54) is 6.07 Å². The van der Waals surface area contributed by atoms with Gasteiger partial charge in [0.2, 0.25) is 0 Å². The van der Waals surface area contributed by atoms with Crippen LogP contribution in [0.4, 0.5) is 0 Å². The van der Waals surface area contributed by atoms with Gasteiger partial charge >= 0.3 is 16.1 Å². The molecule has 2 fully saturated rings. The highest BCUT2D eigenvalue weighted by atomic mass is 32.3. The first-order valence-corrected chi connectivity index (χ1v) is 10.1. The molecular formula is C15H21N5O6S. The molecule has 0 aliphatic carbocycles. The first-order chi connectivity index (χ1) is 12.7. The number of nitrogens with zero attached hydrogens (tertiary/aromatic N) is 2. The summed E-state index contributed by atoms with van der Waals surface area (Å²) in [6.07, 6.45) is 0.883. The maximum atomic E-state index is 11.5. The average molecular weight is 399 g/mol. The van der Waals surface area contributed by atoms with Crippen LogP contribution >= 0.6 is 0 Å². The van der Waals surface area contributed by atoms with E-state index < -0.39 is 27.8 Å². The van der Waals surface area contributed by atoms with E-state index in [4.69, 9.17) is 8.74 Å². The van der Waals surface area contributed by atoms with Crippen LogP contribution in [0.1, 0.15) is 25.5 Å². The minimum atomic E-state index is -4.53. The van der Waals surface area contributed by atoms with Gasteiger partial charge in [0.25, 0.3) is 5.56 Å². The number of aliphatic imine (C=N–C) groups is 1. The number of H-pyrrole nitrogens is 2. The van der Waals surface area contributed by atoms with Gasteiger partial charge in [-0.25, -0.2) is 8.98 Å². The van der Waals surface area contributed by atoms with Crippen molar-refractivity contribution in [2.45, 2.75) is 50.4 Å². The molecule has 0 spiro atoms. The fraction of sp³-hybridized carbons (Fsp3) is 0.667. The lowest BCUT2D eigenvalue weighted by Gasteiger charge is -2.50. The third kappa shape index (κ3) is 3.64. The summed E-state index contributed by atoms with van der Waals surface area (Å²) >= 11 is 0. The van der Waals surface area contributed by atoms with Crippen molar-refractivity contribution >= 4 is 16.4 Å². The number of guanidine groups is 1. The second kappa shape index (κ2) is 6.46. The molecule has 3 aliphatic heterocycles. The van der Waals surface area contributed by atoms with Gasteiger partial charge in [-0.1, -0.05) is 6.92 Å². The maximum Gasteiger partial charge on any atom is 0.397 e. The number of piperidine rings is 1. The van der Waals surface area contributed by atoms with E-state index in [2.05, 4.69) is 25.2 Å². The molecule has 5 unspecified atom stereocenters. The van der Waals surface area contributed by atoms with E-state index in [0.717, 1.165) is 5.96 Å². The summed E-state index contributed by atoms with van der Waals surface area (Å²) in [5, 5.41) is 3.35. The van der Waals surface area contributed by atoms with Gasteiger partial charge in [0.1, 0.15) is 0 Å². The number of hydrogen-bond donors (Lipinski definition) is 4. The minimum Gasteiger partial charge on any atom is -0.353 e. The molecule has 4 rings (SSSR count). The zero-order chi connectivity index (χ0) is 19.3. The molecule has 148 valence electrons. The van der Waals surface area contributed by atoms with Crippen LogP contribution in [0.5, 0.6) is 0 Å². The molecule has 0 amide bonds. The third-order valence-electron chi connectivity index (χ3n) is 5.54. The van der Waals surface area contributed by atoms with Crippen LogP contribution in [-0.4, -0.2) is 64.6 Å². The molecule has 1 aromatic rings. The molecule has 0 radical (unpaired) electrons. The second-order valence-electron chi connectivity index (χ2n) is 7.34. The van der Waals surface area contributed by atoms with Gasteiger partial charge in [-0.2, -0.15) is 8.42 Å². The standard InChI is InChI=1S/C15H21N5O6S/c1-7-11-6-16-14-17-8(2-9-4-13(21)19-15(22)18-9)3-10(20(11)14)5-12(7)26-27(23,24)25/h4,7-8,10-12H,2-3,5-6H2,1H3,(H,16,17)(H,23,24,25)(H2,18,19,21,22). The highest BCUT2D eigenvalue weighted by molar-refractivity contribution is 7.80. The number of nitrogens with one attached hydrogen (secondary N) is 3. The van der Waals surface area contributed by atoms with E-state index in [9.17, 15) is 18.0 Å². The van der Waals surface area contributed by atoms with E-state index >= 15 is 0 Å². The normalized spacial score (nSPS) is 32.6. The maximum absolute atomic E-state index is 11.5. The molecule has 3 aliphatic rings. The van der Waals surface area contributed by atoms with E-state index in [0.29, 0.717) is 31.5 Å². The van der Waals surface area contributed by atoms with Crippen molar-refractivity contribution in [2.75, 3.05) is 6.54 Å². The van der Waals surface area contributed by atoms with Crippen LogP contribution < -0.4 is 16.6 Å². The number of hydrogen-bond acceptors (Lipinski definition) is 8. The third-order valence-corrected chi connectivity index (χ3v) is 6.03. The zero-order valence-corrected chi connectivity index (χ0v) is 15.4. The van der Waals surface area contributed by atoms with E-state index in [-0.39, 0.29) is 24.0 Å². The fourth-order valence-corrected chi connectivity index (χ4v) is 4.99. The molecule has 2 saturated heterocycles. The molecule has 0 saturated carbocycles. The van der Waals surface area contributed by atoms with E-state index in [1.807, 2.05) is 6.92 Å². The lowest BCUT2D eigenvalue weighted by atomic mass is 9.81. The second-order valence-corrected chi connectivity index (χ2v) is 8.39. The molecule has 27 heavy (non-hydrogen) atoms. The van der Waals surface area contributed by atoms with Crippen molar-refractivity contribution in [1.29, 1.82) is 0 Å². The van der Waals surface area contributed by atoms with Crippen LogP contribution in [-0.2, 0) is 21.0 Å². The number of rotatable bonds is 4. The summed E-state index contributed by atoms with van der Waals surface area (Å²) in [6.45, 7) is 2.40. The monoisotopic (exact) mass is 399 g/mol. The van der Waals surface area contributed by atoms with Crippen molar-refractivity contribution in [3.8, 4) is 0 Å². The highest BCUT2D eigenvalue weighted by Crippen LogP contribution is 2.37. The fourth-order valence-electron chi connectivity index (χ4n) is 4.43. The minimum absolute atomic E-state index is 0.00155.